The maximum absolute atomic E-state index is 13.0. The van der Waals surface area contributed by atoms with Gasteiger partial charge in [0.15, 0.2) is 0 Å². The van der Waals surface area contributed by atoms with Gasteiger partial charge in [-0.3, -0.25) is 0 Å². The minimum atomic E-state index is -4.21. The van der Waals surface area contributed by atoms with Crippen LogP contribution in [-0.4, -0.2) is 41.3 Å². The van der Waals surface area contributed by atoms with Gasteiger partial charge in [0.25, 0.3) is 0 Å². The second-order valence-electron chi connectivity index (χ2n) is 9.30. The van der Waals surface area contributed by atoms with Crippen LogP contribution >= 0.6 is 0 Å². The molecule has 0 heterocycles. The number of alkyl halides is 3. The van der Waals surface area contributed by atoms with Gasteiger partial charge >= 0.3 is 6.18 Å². The molecule has 0 spiro atoms. The molecule has 1 unspecified atom stereocenters. The molecule has 154 valence electrons. The third-order valence-electron chi connectivity index (χ3n) is 5.71. The summed E-state index contributed by atoms with van der Waals surface area (Å²) in [6.45, 7) is 25.6. The first-order valence-electron chi connectivity index (χ1n) is 8.98. The van der Waals surface area contributed by atoms with Gasteiger partial charge in [-0.05, 0) is 53.4 Å². The Kier molecular flexibility index (Phi) is 8.02. The van der Waals surface area contributed by atoms with Gasteiger partial charge in [0.1, 0.15) is 8.07 Å². The molecule has 0 amide bonds. The fourth-order valence-corrected chi connectivity index (χ4v) is 10.7. The molecular formula is C18H37F3O2Si3. The molecule has 8 heteroatoms. The van der Waals surface area contributed by atoms with E-state index in [4.69, 9.17) is 8.85 Å². The van der Waals surface area contributed by atoms with Gasteiger partial charge in [0.2, 0.25) is 16.6 Å². The number of hydrogen-bond acceptors (Lipinski definition) is 2. The molecule has 0 N–H and O–H groups in total. The van der Waals surface area contributed by atoms with Gasteiger partial charge in [-0.15, -0.1) is 13.2 Å². The Bertz CT molecular complexity index is 514. The summed E-state index contributed by atoms with van der Waals surface area (Å²) in [5.74, 6) is 0. The average Bonchev–Trinajstić information content (AvgIpc) is 2.42. The normalized spacial score (nSPS) is 16.9. The Morgan fingerprint density at radius 3 is 1.62 bits per heavy atom. The van der Waals surface area contributed by atoms with E-state index in [1.54, 1.807) is 5.70 Å². The summed E-state index contributed by atoms with van der Waals surface area (Å²) in [4.78, 5) is 0. The van der Waals surface area contributed by atoms with Crippen LogP contribution in [0.15, 0.2) is 24.6 Å². The minimum Gasteiger partial charge on any atom is -0.412 e. The summed E-state index contributed by atoms with van der Waals surface area (Å²) in [5.41, 5.74) is 3.74. The Labute approximate surface area is 161 Å². The first kappa shape index (κ1) is 25.8. The van der Waals surface area contributed by atoms with Gasteiger partial charge in [-0.25, -0.2) is 0 Å². The molecule has 0 aromatic rings. The summed E-state index contributed by atoms with van der Waals surface area (Å²) >= 11 is 0. The summed E-state index contributed by atoms with van der Waals surface area (Å²) in [6.07, 6.45) is -5.07. The zero-order chi connectivity index (χ0) is 21.2. The number of hydrogen-bond donors (Lipinski definition) is 0. The Balaban J connectivity index is 5.97. The summed E-state index contributed by atoms with van der Waals surface area (Å²) in [5, 5.41) is -1.31. The van der Waals surface area contributed by atoms with Crippen LogP contribution in [0, 0.1) is 0 Å². The minimum absolute atomic E-state index is 0.0316. The monoisotopic (exact) mass is 426 g/mol. The zero-order valence-corrected chi connectivity index (χ0v) is 20.9. The molecule has 2 nitrogen and oxygen atoms in total. The van der Waals surface area contributed by atoms with Crippen molar-refractivity contribution in [2.45, 2.75) is 89.5 Å². The van der Waals surface area contributed by atoms with E-state index in [1.807, 2.05) is 53.0 Å². The van der Waals surface area contributed by atoms with Crippen molar-refractivity contribution in [2.24, 2.45) is 0 Å². The van der Waals surface area contributed by atoms with E-state index < -0.39 is 47.8 Å². The van der Waals surface area contributed by atoms with Crippen molar-refractivity contribution < 1.29 is 22.0 Å². The first-order chi connectivity index (χ1) is 11.2. The van der Waals surface area contributed by atoms with Gasteiger partial charge in [0, 0.05) is 11.6 Å². The van der Waals surface area contributed by atoms with Crippen molar-refractivity contribution in [1.29, 1.82) is 0 Å². The molecule has 0 aliphatic heterocycles. The van der Waals surface area contributed by atoms with Crippen molar-refractivity contribution in [1.82, 2.24) is 0 Å². The highest BCUT2D eigenvalue weighted by Gasteiger charge is 2.54. The van der Waals surface area contributed by atoms with Crippen LogP contribution < -0.4 is 0 Å². The third-order valence-corrected chi connectivity index (χ3v) is 17.2. The van der Waals surface area contributed by atoms with Crippen LogP contribution in [0.4, 0.5) is 13.2 Å². The van der Waals surface area contributed by atoms with Crippen molar-refractivity contribution in [3.8, 4) is 0 Å². The zero-order valence-electron chi connectivity index (χ0n) is 17.9. The highest BCUT2D eigenvalue weighted by atomic mass is 28.4. The Hall–Kier alpha value is -0.159. The van der Waals surface area contributed by atoms with Gasteiger partial charge in [0.05, 0.1) is 5.22 Å². The summed E-state index contributed by atoms with van der Waals surface area (Å²) in [6, 6.07) is -0.0316. The molecule has 0 aliphatic carbocycles. The molecule has 0 radical (unpaired) electrons. The Morgan fingerprint density at radius 1 is 0.808 bits per heavy atom. The third kappa shape index (κ3) is 6.78. The maximum Gasteiger partial charge on any atom is 0.388 e. The van der Waals surface area contributed by atoms with Crippen molar-refractivity contribution in [2.75, 3.05) is 0 Å². The molecule has 0 saturated carbocycles. The predicted molar refractivity (Wildman–Crippen MR) is 113 cm³/mol. The van der Waals surface area contributed by atoms with Crippen LogP contribution in [0.1, 0.15) is 34.1 Å². The smallest absolute Gasteiger partial charge is 0.388 e. The number of rotatable bonds is 10. The molecule has 0 rings (SSSR count). The second kappa shape index (κ2) is 8.06. The van der Waals surface area contributed by atoms with Crippen LogP contribution in [0.3, 0.4) is 0 Å². The quantitative estimate of drug-likeness (QED) is 0.369. The average molecular weight is 427 g/mol. The lowest BCUT2D eigenvalue weighted by molar-refractivity contribution is -0.131. The van der Waals surface area contributed by atoms with E-state index in [1.165, 1.54) is 0 Å². The SMILES string of the molecule is C=C[Si](C)(C)OC(C)(C)[Si](C)(CCC(F)(F)F)OC(C)(C)[Si](C)(C)C=C. The van der Waals surface area contributed by atoms with Crippen LogP contribution in [0.25, 0.3) is 0 Å². The molecule has 26 heavy (non-hydrogen) atoms. The molecule has 1 atom stereocenters. The van der Waals surface area contributed by atoms with Gasteiger partial charge < -0.3 is 8.85 Å². The van der Waals surface area contributed by atoms with Crippen LogP contribution in [-0.2, 0) is 8.85 Å². The standard InChI is InChI=1S/C18H37F3O2Si3/c1-12-24(7,8)16(3,4)23-26(11,15-14-18(19,20)21)17(5,6)22-25(9,10)13-2/h12-13H,1-2,14-15H2,3-11H3. The van der Waals surface area contributed by atoms with E-state index in [2.05, 4.69) is 26.3 Å². The molecule has 0 aromatic heterocycles. The van der Waals surface area contributed by atoms with Crippen LogP contribution in [0.5, 0.6) is 0 Å². The molecule has 0 bridgehead atoms. The molecule has 0 aliphatic rings. The van der Waals surface area contributed by atoms with E-state index >= 15 is 0 Å². The van der Waals surface area contributed by atoms with Crippen molar-refractivity contribution in [3.05, 3.63) is 24.6 Å². The lowest BCUT2D eigenvalue weighted by atomic mass is 10.5. The summed E-state index contributed by atoms with van der Waals surface area (Å²) in [7, 11) is -7.15. The molecular weight excluding hydrogens is 389 g/mol. The molecule has 0 saturated heterocycles. The highest BCUT2D eigenvalue weighted by Crippen LogP contribution is 2.40. The van der Waals surface area contributed by atoms with Gasteiger partial charge in [-0.2, -0.15) is 13.2 Å². The van der Waals surface area contributed by atoms with E-state index in [-0.39, 0.29) is 6.04 Å². The number of halogens is 3. The fourth-order valence-electron chi connectivity index (χ4n) is 2.60. The molecule has 0 aromatic carbocycles. The van der Waals surface area contributed by atoms with E-state index in [0.717, 1.165) is 0 Å². The van der Waals surface area contributed by atoms with E-state index in [0.29, 0.717) is 0 Å². The Morgan fingerprint density at radius 2 is 1.27 bits per heavy atom. The second-order valence-corrected chi connectivity index (χ2v) is 22.5. The van der Waals surface area contributed by atoms with Crippen LogP contribution in [0.2, 0.25) is 38.8 Å². The predicted octanol–water partition coefficient (Wildman–Crippen LogP) is 6.55. The molecule has 0 fully saturated rings. The maximum atomic E-state index is 13.0. The fraction of sp³-hybridized carbons (Fsp3) is 0.778. The van der Waals surface area contributed by atoms with Gasteiger partial charge in [-0.1, -0.05) is 24.5 Å². The lowest BCUT2D eigenvalue weighted by Gasteiger charge is -2.51. The van der Waals surface area contributed by atoms with Crippen molar-refractivity contribution >= 4 is 24.7 Å². The highest BCUT2D eigenvalue weighted by molar-refractivity contribution is 6.86. The summed E-state index contributed by atoms with van der Waals surface area (Å²) < 4.78 is 52.1. The van der Waals surface area contributed by atoms with Crippen molar-refractivity contribution in [3.63, 3.8) is 0 Å². The first-order valence-corrected chi connectivity index (χ1v) is 17.7. The van der Waals surface area contributed by atoms with E-state index in [9.17, 15) is 13.2 Å². The topological polar surface area (TPSA) is 18.5 Å². The largest absolute Gasteiger partial charge is 0.412 e. The lowest BCUT2D eigenvalue weighted by Crippen LogP contribution is -2.66.